The van der Waals surface area contributed by atoms with Gasteiger partial charge in [0.05, 0.1) is 26.9 Å². The summed E-state index contributed by atoms with van der Waals surface area (Å²) in [6.45, 7) is 2.15. The van der Waals surface area contributed by atoms with E-state index in [2.05, 4.69) is 22.2 Å². The van der Waals surface area contributed by atoms with Crippen molar-refractivity contribution in [3.8, 4) is 5.75 Å². The first-order valence-electron chi connectivity index (χ1n) is 18.2. The van der Waals surface area contributed by atoms with Gasteiger partial charge < -0.3 is 39.7 Å². The lowest BCUT2D eigenvalue weighted by Gasteiger charge is -2.35. The molecule has 1 aliphatic carbocycles. The molecule has 0 radical (unpaired) electrons. The molecule has 4 aromatic heterocycles. The van der Waals surface area contributed by atoms with Crippen LogP contribution in [0.2, 0.25) is 0 Å². The summed E-state index contributed by atoms with van der Waals surface area (Å²) in [5, 5.41) is 40.0. The highest BCUT2D eigenvalue weighted by molar-refractivity contribution is 7.12. The second-order valence-corrected chi connectivity index (χ2v) is 15.8. The van der Waals surface area contributed by atoms with Gasteiger partial charge in [-0.05, 0) is 117 Å². The maximum absolute atomic E-state index is 13.4. The molecule has 0 unspecified atom stereocenters. The number of rotatable bonds is 15. The van der Waals surface area contributed by atoms with E-state index in [-0.39, 0.29) is 39.1 Å². The van der Waals surface area contributed by atoms with Crippen molar-refractivity contribution in [1.82, 2.24) is 19.8 Å². The molecule has 7 rings (SSSR count). The van der Waals surface area contributed by atoms with E-state index in [0.29, 0.717) is 70.2 Å². The normalized spacial score (nSPS) is 16.4. The van der Waals surface area contributed by atoms with Gasteiger partial charge in [-0.25, -0.2) is 9.59 Å². The van der Waals surface area contributed by atoms with E-state index in [1.807, 2.05) is 41.1 Å². The zero-order valence-electron chi connectivity index (χ0n) is 30.7. The number of phenolic OH excluding ortho intramolecular Hbond substituents is 1. The molecule has 0 spiro atoms. The van der Waals surface area contributed by atoms with Crippen LogP contribution in [0.15, 0.2) is 91.5 Å². The van der Waals surface area contributed by atoms with Crippen LogP contribution in [-0.2, 0) is 28.1 Å². The van der Waals surface area contributed by atoms with Gasteiger partial charge in [0.1, 0.15) is 11.9 Å². The van der Waals surface area contributed by atoms with Crippen molar-refractivity contribution in [2.24, 2.45) is 0 Å². The Kier molecular flexibility index (Phi) is 14.0. The Bertz CT molecular complexity index is 2280. The molecule has 1 atom stereocenters. The van der Waals surface area contributed by atoms with Gasteiger partial charge in [-0.2, -0.15) is 0 Å². The molecule has 16 heteroatoms. The quantitative estimate of drug-likeness (QED) is 0.0655. The summed E-state index contributed by atoms with van der Waals surface area (Å²) >= 11 is 2.67. The lowest BCUT2D eigenvalue weighted by molar-refractivity contribution is -0.169. The second-order valence-electron chi connectivity index (χ2n) is 13.9. The number of fused-ring (bicyclic) bond motifs is 2. The first kappa shape index (κ1) is 42.4. The molecular formula is C40H46F2N4O8S2. The molecule has 12 nitrogen and oxygen atoms in total. The number of oxazole rings is 1. The van der Waals surface area contributed by atoms with Crippen LogP contribution in [0, 0.1) is 0 Å². The summed E-state index contributed by atoms with van der Waals surface area (Å²) in [5.74, 6) is -1.06. The summed E-state index contributed by atoms with van der Waals surface area (Å²) in [7, 11) is 2.09. The van der Waals surface area contributed by atoms with E-state index in [9.17, 15) is 29.7 Å². The lowest BCUT2D eigenvalue weighted by Crippen LogP contribution is -2.42. The van der Waals surface area contributed by atoms with Gasteiger partial charge in [-0.1, -0.05) is 24.3 Å². The van der Waals surface area contributed by atoms with E-state index >= 15 is 0 Å². The van der Waals surface area contributed by atoms with Crippen LogP contribution >= 0.6 is 22.7 Å². The molecule has 4 heterocycles. The first-order chi connectivity index (χ1) is 26.1. The number of aromatic nitrogens is 2. The number of phenols is 1. The Morgan fingerprint density at radius 2 is 1.75 bits per heavy atom. The molecule has 1 fully saturated rings. The number of aromatic amines is 1. The van der Waals surface area contributed by atoms with Gasteiger partial charge in [-0.3, -0.25) is 18.8 Å². The number of aryl methyl sites for hydroxylation is 1. The second kappa shape index (κ2) is 18.5. The number of carbonyl (C=O) groups excluding carboxylic acids is 1. The number of aliphatic hydroxyl groups is 2. The molecule has 1 saturated carbocycles. The van der Waals surface area contributed by atoms with E-state index in [4.69, 9.17) is 9.15 Å². The molecule has 5 N–H and O–H groups in total. The number of aromatic hydroxyl groups is 1. The number of esters is 1. The van der Waals surface area contributed by atoms with Crippen molar-refractivity contribution in [1.29, 1.82) is 0 Å². The fraction of sp³-hybridized carbons (Fsp3) is 0.375. The Morgan fingerprint density at radius 3 is 2.43 bits per heavy atom. The van der Waals surface area contributed by atoms with Crippen molar-refractivity contribution in [2.75, 3.05) is 26.7 Å². The molecule has 0 aliphatic heterocycles. The summed E-state index contributed by atoms with van der Waals surface area (Å²) in [6, 6.07) is 19.3. The van der Waals surface area contributed by atoms with Crippen molar-refractivity contribution < 1.29 is 38.7 Å². The van der Waals surface area contributed by atoms with Crippen LogP contribution in [0.4, 0.5) is 9.41 Å². The molecule has 6 aromatic rings. The molecular weight excluding hydrogens is 767 g/mol. The average Bonchev–Trinajstić information content (AvgIpc) is 3.97. The number of pyridine rings is 1. The van der Waals surface area contributed by atoms with Gasteiger partial charge in [0.25, 0.3) is 0 Å². The third kappa shape index (κ3) is 8.96. The zero-order chi connectivity index (χ0) is 37.8. The van der Waals surface area contributed by atoms with E-state index in [0.717, 1.165) is 36.9 Å². The van der Waals surface area contributed by atoms with Crippen LogP contribution < -0.4 is 16.6 Å². The number of aliphatic hydroxyl groups excluding tert-OH is 1. The highest BCUT2D eigenvalue weighted by atomic mass is 32.1. The minimum absolute atomic E-state index is 0. The van der Waals surface area contributed by atoms with Crippen molar-refractivity contribution in [3.63, 3.8) is 0 Å². The molecule has 2 aromatic carbocycles. The van der Waals surface area contributed by atoms with Crippen LogP contribution in [-0.4, -0.2) is 74.6 Å². The van der Waals surface area contributed by atoms with E-state index < -0.39 is 17.7 Å². The standard InChI is InChI=1S/C40H44N4O8S2.2FH/c1-43(26-8-10-27(11-9-26)51-38(48)40(50,34-5-2-21-53-34)35-6-3-22-54-35)19-4-20-44-30-14-7-25(23-33(30)52-39(44)49)17-18-41-24-32(46)28-12-15-31(45)37-29(28)13-16-36(47)42-37;;/h2-3,5-7,12-16,21-23,26-27,32,41,45-46,50H,4,8-11,17-20,24H2,1H3,(H,42,47);2*1H/t26?,27?,32-;;/m1../s1. The number of benzene rings is 2. The molecule has 56 heavy (non-hydrogen) atoms. The topological polar surface area (TPSA) is 170 Å². The number of H-pyrrole nitrogens is 1. The van der Waals surface area contributed by atoms with E-state index in [1.165, 1.54) is 34.8 Å². The highest BCUT2D eigenvalue weighted by Gasteiger charge is 2.45. The van der Waals surface area contributed by atoms with E-state index in [1.54, 1.807) is 28.8 Å². The number of ether oxygens (including phenoxy) is 1. The number of nitrogens with one attached hydrogen (secondary N) is 2. The van der Waals surface area contributed by atoms with Crippen molar-refractivity contribution in [2.45, 2.75) is 68.9 Å². The number of hydrogen-bond donors (Lipinski definition) is 5. The summed E-state index contributed by atoms with van der Waals surface area (Å²) in [6.07, 6.45) is 3.47. The average molecular weight is 813 g/mol. The van der Waals surface area contributed by atoms with Gasteiger partial charge in [0, 0.05) is 30.6 Å². The van der Waals surface area contributed by atoms with Gasteiger partial charge >= 0.3 is 11.7 Å². The first-order valence-corrected chi connectivity index (χ1v) is 20.0. The third-order valence-electron chi connectivity index (χ3n) is 10.4. The predicted octanol–water partition coefficient (Wildman–Crippen LogP) is 5.55. The molecule has 0 amide bonds. The predicted molar refractivity (Wildman–Crippen MR) is 214 cm³/mol. The third-order valence-corrected chi connectivity index (χ3v) is 12.4. The Hall–Kier alpha value is -4.71. The zero-order valence-corrected chi connectivity index (χ0v) is 32.4. The lowest BCUT2D eigenvalue weighted by atomic mass is 9.91. The number of carbonyl (C=O) groups is 1. The fourth-order valence-corrected chi connectivity index (χ4v) is 9.12. The van der Waals surface area contributed by atoms with Gasteiger partial charge in [0.2, 0.25) is 11.2 Å². The Morgan fingerprint density at radius 1 is 1.04 bits per heavy atom. The number of thiophene rings is 2. The number of halogens is 2. The van der Waals surface area contributed by atoms with Crippen LogP contribution in [0.3, 0.4) is 0 Å². The largest absolute Gasteiger partial charge is 0.506 e. The highest BCUT2D eigenvalue weighted by Crippen LogP contribution is 2.38. The molecule has 0 bridgehead atoms. The van der Waals surface area contributed by atoms with Crippen LogP contribution in [0.5, 0.6) is 5.75 Å². The summed E-state index contributed by atoms with van der Waals surface area (Å²) in [4.78, 5) is 43.9. The van der Waals surface area contributed by atoms with Gasteiger partial charge in [0.15, 0.2) is 5.58 Å². The van der Waals surface area contributed by atoms with Crippen molar-refractivity contribution >= 4 is 50.6 Å². The Labute approximate surface area is 328 Å². The minimum atomic E-state index is -1.80. The fourth-order valence-electron chi connectivity index (χ4n) is 7.40. The Balaban J connectivity index is 0.00000300. The maximum atomic E-state index is 13.4. The van der Waals surface area contributed by atoms with Crippen LogP contribution in [0.1, 0.15) is 59.1 Å². The molecule has 300 valence electrons. The number of nitrogens with zero attached hydrogens (tertiary/aromatic N) is 2. The van der Waals surface area contributed by atoms with Crippen LogP contribution in [0.25, 0.3) is 22.0 Å². The molecule has 0 saturated heterocycles. The monoisotopic (exact) mass is 812 g/mol. The number of hydrogen-bond acceptors (Lipinski definition) is 12. The SMILES string of the molecule is CN(CCCn1c(=O)oc2cc(CCNC[C@@H](O)c3ccc(O)c4[nH]c(=O)ccc34)ccc21)C1CCC(OC(=O)C(O)(c2cccs2)c2cccs2)CC1.F.F. The van der Waals surface area contributed by atoms with Crippen molar-refractivity contribution in [3.05, 3.63) is 119 Å². The summed E-state index contributed by atoms with van der Waals surface area (Å²) in [5.41, 5.74) is 1.04. The molecule has 1 aliphatic rings. The minimum Gasteiger partial charge on any atom is -0.506 e. The van der Waals surface area contributed by atoms with Gasteiger partial charge in [-0.15, -0.1) is 22.7 Å². The smallest absolute Gasteiger partial charge is 0.419 e. The summed E-state index contributed by atoms with van der Waals surface area (Å²) < 4.78 is 13.2. The maximum Gasteiger partial charge on any atom is 0.419 e.